The van der Waals surface area contributed by atoms with Gasteiger partial charge in [0.25, 0.3) is 0 Å². The number of hydrogen-bond donors (Lipinski definition) is 2. The summed E-state index contributed by atoms with van der Waals surface area (Å²) in [4.78, 5) is 16.1. The van der Waals surface area contributed by atoms with Crippen molar-refractivity contribution in [2.75, 3.05) is 13.7 Å². The minimum Gasteiger partial charge on any atom is -0.494 e. The van der Waals surface area contributed by atoms with Gasteiger partial charge in [0.15, 0.2) is 0 Å². The Bertz CT molecular complexity index is 1110. The monoisotopic (exact) mass is 500 g/mol. The van der Waals surface area contributed by atoms with E-state index in [1.807, 2.05) is 69.3 Å². The van der Waals surface area contributed by atoms with E-state index >= 15 is 0 Å². The summed E-state index contributed by atoms with van der Waals surface area (Å²) in [6.07, 6.45) is 6.13. The smallest absolute Gasteiger partial charge is 0.387 e. The van der Waals surface area contributed by atoms with Gasteiger partial charge in [-0.25, -0.2) is 4.98 Å². The molecule has 36 heavy (non-hydrogen) atoms. The average molecular weight is 501 g/mol. The molecule has 1 amide bonds. The van der Waals surface area contributed by atoms with E-state index in [9.17, 15) is 13.6 Å². The summed E-state index contributed by atoms with van der Waals surface area (Å²) >= 11 is 0. The number of ether oxygens (including phenoxy) is 2. The van der Waals surface area contributed by atoms with Gasteiger partial charge < -0.3 is 19.9 Å². The fourth-order valence-electron chi connectivity index (χ4n) is 3.36. The number of aromatic nitrogens is 1. The van der Waals surface area contributed by atoms with Crippen LogP contribution in [0.5, 0.6) is 5.75 Å². The summed E-state index contributed by atoms with van der Waals surface area (Å²) in [5.74, 6) is 0.0617. The second-order valence-corrected chi connectivity index (χ2v) is 8.31. The van der Waals surface area contributed by atoms with E-state index in [1.54, 1.807) is 0 Å². The maximum absolute atomic E-state index is 12.8. The average Bonchev–Trinajstić information content (AvgIpc) is 2.88. The van der Waals surface area contributed by atoms with E-state index in [0.29, 0.717) is 23.6 Å². The fourth-order valence-corrected chi connectivity index (χ4v) is 3.36. The Morgan fingerprint density at radius 1 is 1.14 bits per heavy atom. The standard InChI is InChI=1S/C28H34F2N2O4/c1-6-18(2)7-10-23(15-19(3)36-28(29)30)27-25(35-5)14-13-24(32-27)20(4)22-11-8-21(9-12-22)16-31-26(34)17-33/h7-15,20,28,33H,6,16-17H2,1-5H3,(H,31,34)/b18-7+,19-15+,23-10+. The minimum atomic E-state index is -2.92. The van der Waals surface area contributed by atoms with Crippen molar-refractivity contribution in [2.45, 2.75) is 53.2 Å². The van der Waals surface area contributed by atoms with Crippen LogP contribution in [-0.2, 0) is 16.1 Å². The van der Waals surface area contributed by atoms with E-state index in [-0.39, 0.29) is 11.7 Å². The molecule has 0 fully saturated rings. The molecule has 0 spiro atoms. The topological polar surface area (TPSA) is 80.7 Å². The Labute approximate surface area is 211 Å². The van der Waals surface area contributed by atoms with Crippen molar-refractivity contribution in [3.63, 3.8) is 0 Å². The highest BCUT2D eigenvalue weighted by atomic mass is 19.3. The van der Waals surface area contributed by atoms with Crippen LogP contribution in [0.4, 0.5) is 8.78 Å². The van der Waals surface area contributed by atoms with Crippen LogP contribution >= 0.6 is 0 Å². The first-order chi connectivity index (χ1) is 17.2. The number of benzene rings is 1. The molecule has 0 saturated heterocycles. The molecule has 0 aliphatic carbocycles. The van der Waals surface area contributed by atoms with Crippen molar-refractivity contribution in [2.24, 2.45) is 0 Å². The number of allylic oxidation sites excluding steroid dienone is 6. The molecule has 1 heterocycles. The van der Waals surface area contributed by atoms with Crippen LogP contribution in [0.1, 0.15) is 62.5 Å². The molecule has 1 aromatic carbocycles. The van der Waals surface area contributed by atoms with Crippen LogP contribution in [0, 0.1) is 0 Å². The van der Waals surface area contributed by atoms with Gasteiger partial charge in [0.05, 0.1) is 7.11 Å². The van der Waals surface area contributed by atoms with Crippen molar-refractivity contribution in [1.82, 2.24) is 10.3 Å². The molecular weight excluding hydrogens is 466 g/mol. The molecule has 194 valence electrons. The molecule has 2 N–H and O–H groups in total. The molecule has 1 aromatic heterocycles. The molecule has 1 unspecified atom stereocenters. The number of nitrogens with one attached hydrogen (secondary N) is 1. The Hall–Kier alpha value is -3.52. The zero-order valence-corrected chi connectivity index (χ0v) is 21.3. The summed E-state index contributed by atoms with van der Waals surface area (Å²) in [5, 5.41) is 11.5. The number of amides is 1. The predicted octanol–water partition coefficient (Wildman–Crippen LogP) is 5.73. The summed E-state index contributed by atoms with van der Waals surface area (Å²) in [6.45, 7) is 4.37. The zero-order chi connectivity index (χ0) is 26.7. The number of aliphatic hydroxyl groups is 1. The predicted molar refractivity (Wildman–Crippen MR) is 137 cm³/mol. The highest BCUT2D eigenvalue weighted by Gasteiger charge is 2.16. The maximum Gasteiger partial charge on any atom is 0.387 e. The number of halogens is 2. The normalized spacial score (nSPS) is 13.5. The van der Waals surface area contributed by atoms with Crippen LogP contribution in [0.3, 0.4) is 0 Å². The van der Waals surface area contributed by atoms with Crippen molar-refractivity contribution >= 4 is 11.5 Å². The van der Waals surface area contributed by atoms with Gasteiger partial charge in [0.2, 0.25) is 5.91 Å². The van der Waals surface area contributed by atoms with Gasteiger partial charge in [-0.15, -0.1) is 0 Å². The first-order valence-electron chi connectivity index (χ1n) is 11.7. The number of carbonyl (C=O) groups is 1. The van der Waals surface area contributed by atoms with Gasteiger partial charge in [-0.2, -0.15) is 8.78 Å². The molecular formula is C28H34F2N2O4. The highest BCUT2D eigenvalue weighted by molar-refractivity contribution is 5.77. The van der Waals surface area contributed by atoms with E-state index in [2.05, 4.69) is 10.1 Å². The van der Waals surface area contributed by atoms with Gasteiger partial charge in [-0.05, 0) is 49.6 Å². The van der Waals surface area contributed by atoms with Crippen LogP contribution in [0.2, 0.25) is 0 Å². The largest absolute Gasteiger partial charge is 0.494 e. The third-order valence-electron chi connectivity index (χ3n) is 5.67. The van der Waals surface area contributed by atoms with Crippen molar-refractivity contribution in [3.8, 4) is 5.75 Å². The van der Waals surface area contributed by atoms with Crippen LogP contribution in [-0.4, -0.2) is 36.3 Å². The van der Waals surface area contributed by atoms with Crippen molar-refractivity contribution in [1.29, 1.82) is 0 Å². The van der Waals surface area contributed by atoms with Crippen LogP contribution in [0.15, 0.2) is 66.0 Å². The molecule has 2 rings (SSSR count). The second-order valence-electron chi connectivity index (χ2n) is 8.31. The van der Waals surface area contributed by atoms with Gasteiger partial charge in [-0.3, -0.25) is 4.79 Å². The summed E-state index contributed by atoms with van der Waals surface area (Å²) in [7, 11) is 1.54. The number of carbonyl (C=O) groups excluding carboxylic acids is 1. The summed E-state index contributed by atoms with van der Waals surface area (Å²) < 4.78 is 35.7. The minimum absolute atomic E-state index is 0.0602. The van der Waals surface area contributed by atoms with Gasteiger partial charge in [0.1, 0.15) is 23.8 Å². The lowest BCUT2D eigenvalue weighted by atomic mass is 9.95. The SMILES string of the molecule is CC/C(C)=C/C=C(\C=C(/C)OC(F)F)c1nc(C(C)c2ccc(CNC(=O)CO)cc2)ccc1OC. The maximum atomic E-state index is 12.8. The Morgan fingerprint density at radius 2 is 1.83 bits per heavy atom. The third-order valence-corrected chi connectivity index (χ3v) is 5.67. The van der Waals surface area contributed by atoms with Crippen LogP contribution in [0.25, 0.3) is 5.57 Å². The number of alkyl halides is 2. The summed E-state index contributed by atoms with van der Waals surface area (Å²) in [6, 6.07) is 11.4. The number of nitrogens with zero attached hydrogens (tertiary/aromatic N) is 1. The van der Waals surface area contributed by atoms with Crippen LogP contribution < -0.4 is 10.1 Å². The fraction of sp³-hybridized carbons (Fsp3) is 0.357. The number of hydrogen-bond acceptors (Lipinski definition) is 5. The Morgan fingerprint density at radius 3 is 2.42 bits per heavy atom. The highest BCUT2D eigenvalue weighted by Crippen LogP contribution is 2.31. The molecule has 2 aromatic rings. The number of methoxy groups -OCH3 is 1. The Balaban J connectivity index is 2.44. The molecule has 0 bridgehead atoms. The molecule has 6 nitrogen and oxygen atoms in total. The van der Waals surface area contributed by atoms with Gasteiger partial charge in [0, 0.05) is 23.7 Å². The molecule has 0 aliphatic heterocycles. The third kappa shape index (κ3) is 8.61. The number of pyridine rings is 1. The lowest BCUT2D eigenvalue weighted by Crippen LogP contribution is -2.25. The number of aliphatic hydroxyl groups excluding tert-OH is 1. The van der Waals surface area contributed by atoms with Gasteiger partial charge in [-0.1, -0.05) is 55.8 Å². The number of rotatable bonds is 12. The molecule has 8 heteroatoms. The molecule has 1 atom stereocenters. The second kappa shape index (κ2) is 14.1. The summed E-state index contributed by atoms with van der Waals surface area (Å²) in [5.41, 5.74) is 4.90. The molecule has 0 saturated carbocycles. The first-order valence-corrected chi connectivity index (χ1v) is 11.7. The van der Waals surface area contributed by atoms with Crippen molar-refractivity contribution in [3.05, 3.63) is 88.5 Å². The first kappa shape index (κ1) is 28.7. The van der Waals surface area contributed by atoms with E-state index in [4.69, 9.17) is 14.8 Å². The molecule has 0 aliphatic rings. The van der Waals surface area contributed by atoms with Crippen molar-refractivity contribution < 1.29 is 28.2 Å². The van der Waals surface area contributed by atoms with E-state index in [0.717, 1.165) is 28.8 Å². The van der Waals surface area contributed by atoms with Gasteiger partial charge >= 0.3 is 6.61 Å². The zero-order valence-electron chi connectivity index (χ0n) is 21.3. The molecule has 0 radical (unpaired) electrons. The lowest BCUT2D eigenvalue weighted by molar-refractivity contribution is -0.123. The Kier molecular flexibility index (Phi) is 11.3. The lowest BCUT2D eigenvalue weighted by Gasteiger charge is -2.16. The van der Waals surface area contributed by atoms with E-state index < -0.39 is 19.1 Å². The quantitative estimate of drug-likeness (QED) is 0.287. The van der Waals surface area contributed by atoms with E-state index in [1.165, 1.54) is 20.1 Å².